The van der Waals surface area contributed by atoms with Crippen molar-refractivity contribution in [2.75, 3.05) is 12.5 Å². The Morgan fingerprint density at radius 1 is 1.21 bits per heavy atom. The molecule has 29 heavy (non-hydrogen) atoms. The molecule has 2 aromatic carbocycles. The van der Waals surface area contributed by atoms with Gasteiger partial charge in [-0.2, -0.15) is 5.10 Å². The van der Waals surface area contributed by atoms with E-state index in [-0.39, 0.29) is 5.69 Å². The van der Waals surface area contributed by atoms with E-state index >= 15 is 0 Å². The second kappa shape index (κ2) is 9.65. The molecule has 0 saturated carbocycles. The molecule has 9 heteroatoms. The van der Waals surface area contributed by atoms with Gasteiger partial charge in [-0.1, -0.05) is 30.3 Å². The van der Waals surface area contributed by atoms with Gasteiger partial charge in [-0.05, 0) is 39.7 Å². The van der Waals surface area contributed by atoms with Crippen LogP contribution in [0.4, 0.5) is 11.5 Å². The molecule has 0 aliphatic heterocycles. The molecule has 0 spiro atoms. The highest BCUT2D eigenvalue weighted by Gasteiger charge is 2.10. The molecule has 0 atom stereocenters. The predicted octanol–water partition coefficient (Wildman–Crippen LogP) is 4.79. The molecular weight excluding hydrogens is 440 g/mol. The number of nitro groups is 1. The molecule has 1 aromatic heterocycles. The molecule has 3 rings (SSSR count). The number of anilines is 1. The van der Waals surface area contributed by atoms with E-state index in [1.165, 1.54) is 12.1 Å². The van der Waals surface area contributed by atoms with Crippen molar-refractivity contribution in [3.05, 3.63) is 86.5 Å². The summed E-state index contributed by atoms with van der Waals surface area (Å²) >= 11 is 3.50. The monoisotopic (exact) mass is 456 g/mol. The minimum absolute atomic E-state index is 0.0851. The van der Waals surface area contributed by atoms with Crippen molar-refractivity contribution >= 4 is 33.6 Å². The zero-order valence-corrected chi connectivity index (χ0v) is 17.0. The Balaban J connectivity index is 1.69. The molecule has 1 heterocycles. The average Bonchev–Trinajstić information content (AvgIpc) is 2.74. The van der Waals surface area contributed by atoms with Gasteiger partial charge in [0.1, 0.15) is 18.6 Å². The van der Waals surface area contributed by atoms with Gasteiger partial charge < -0.3 is 9.47 Å². The number of ether oxygens (including phenoxy) is 2. The SMILES string of the molecule is COc1cc(/C=N\Nc2ccc([N+](=O)[O-])cn2)c(Br)cc1OCc1ccccc1. The van der Waals surface area contributed by atoms with Gasteiger partial charge >= 0.3 is 0 Å². The smallest absolute Gasteiger partial charge is 0.287 e. The number of aromatic nitrogens is 1. The van der Waals surface area contributed by atoms with Crippen LogP contribution in [0.5, 0.6) is 11.5 Å². The third-order valence-corrected chi connectivity index (χ3v) is 4.55. The second-order valence-electron chi connectivity index (χ2n) is 5.83. The largest absolute Gasteiger partial charge is 0.493 e. The first kappa shape index (κ1) is 20.3. The molecule has 148 valence electrons. The third-order valence-electron chi connectivity index (χ3n) is 3.86. The van der Waals surface area contributed by atoms with Gasteiger partial charge in [-0.25, -0.2) is 4.98 Å². The number of hydrazone groups is 1. The first-order valence-corrected chi connectivity index (χ1v) is 9.30. The number of hydrogen-bond donors (Lipinski definition) is 1. The van der Waals surface area contributed by atoms with Gasteiger partial charge in [-0.3, -0.25) is 15.5 Å². The van der Waals surface area contributed by atoms with Crippen LogP contribution in [0.2, 0.25) is 0 Å². The van der Waals surface area contributed by atoms with Crippen molar-refractivity contribution in [3.63, 3.8) is 0 Å². The Morgan fingerprint density at radius 2 is 2.00 bits per heavy atom. The molecule has 0 aliphatic carbocycles. The molecule has 1 N–H and O–H groups in total. The van der Waals surface area contributed by atoms with Crippen molar-refractivity contribution in [2.45, 2.75) is 6.61 Å². The van der Waals surface area contributed by atoms with Crippen LogP contribution in [0.15, 0.2) is 70.4 Å². The number of nitrogens with zero attached hydrogens (tertiary/aromatic N) is 3. The van der Waals surface area contributed by atoms with Crippen molar-refractivity contribution in [1.82, 2.24) is 4.98 Å². The Kier molecular flexibility index (Phi) is 6.75. The van der Waals surface area contributed by atoms with Gasteiger partial charge in [0.15, 0.2) is 11.5 Å². The minimum atomic E-state index is -0.509. The Morgan fingerprint density at radius 3 is 2.66 bits per heavy atom. The van der Waals surface area contributed by atoms with Crippen LogP contribution < -0.4 is 14.9 Å². The fourth-order valence-electron chi connectivity index (χ4n) is 2.39. The van der Waals surface area contributed by atoms with Crippen LogP contribution in [0.25, 0.3) is 0 Å². The van der Waals surface area contributed by atoms with Crippen molar-refractivity contribution < 1.29 is 14.4 Å². The van der Waals surface area contributed by atoms with Gasteiger partial charge in [0.25, 0.3) is 5.69 Å². The van der Waals surface area contributed by atoms with Crippen molar-refractivity contribution in [2.24, 2.45) is 5.10 Å². The summed E-state index contributed by atoms with van der Waals surface area (Å²) in [5, 5.41) is 14.8. The Hall–Kier alpha value is -3.46. The number of nitrogens with one attached hydrogen (secondary N) is 1. The molecule has 0 amide bonds. The molecule has 0 unspecified atom stereocenters. The number of halogens is 1. The lowest BCUT2D eigenvalue weighted by atomic mass is 10.2. The summed E-state index contributed by atoms with van der Waals surface area (Å²) in [7, 11) is 1.57. The van der Waals surface area contributed by atoms with E-state index in [1.807, 2.05) is 36.4 Å². The van der Waals surface area contributed by atoms with Crippen molar-refractivity contribution in [3.8, 4) is 11.5 Å². The highest BCUT2D eigenvalue weighted by atomic mass is 79.9. The topological polar surface area (TPSA) is 98.9 Å². The summed E-state index contributed by atoms with van der Waals surface area (Å²) in [6.45, 7) is 0.421. The number of methoxy groups -OCH3 is 1. The van der Waals surface area contributed by atoms with Gasteiger partial charge in [-0.15, -0.1) is 0 Å². The van der Waals surface area contributed by atoms with Gasteiger partial charge in [0.05, 0.1) is 18.2 Å². The van der Waals surface area contributed by atoms with Crippen LogP contribution in [-0.2, 0) is 6.61 Å². The maximum atomic E-state index is 10.7. The summed E-state index contributed by atoms with van der Waals surface area (Å²) in [5.41, 5.74) is 4.45. The predicted molar refractivity (Wildman–Crippen MR) is 114 cm³/mol. The molecule has 0 bridgehead atoms. The fourth-order valence-corrected chi connectivity index (χ4v) is 2.81. The van der Waals surface area contributed by atoms with Crippen LogP contribution >= 0.6 is 15.9 Å². The number of hydrogen-bond acceptors (Lipinski definition) is 7. The standard InChI is InChI=1S/C20H17BrN4O4/c1-28-18-9-15(11-23-24-20-8-7-16(12-22-20)25(26)27)17(21)10-19(18)29-13-14-5-3-2-4-6-14/h2-12H,13H2,1H3,(H,22,24)/b23-11-. The third kappa shape index (κ3) is 5.52. The summed E-state index contributed by atoms with van der Waals surface area (Å²) < 4.78 is 12.1. The van der Waals surface area contributed by atoms with E-state index in [2.05, 4.69) is 31.4 Å². The lowest BCUT2D eigenvalue weighted by molar-refractivity contribution is -0.385. The van der Waals surface area contributed by atoms with E-state index in [1.54, 1.807) is 19.4 Å². The molecular formula is C20H17BrN4O4. The highest BCUT2D eigenvalue weighted by molar-refractivity contribution is 9.10. The Bertz CT molecular complexity index is 1010. The Labute approximate surface area is 175 Å². The molecule has 0 aliphatic rings. The molecule has 3 aromatic rings. The fraction of sp³-hybridized carbons (Fsp3) is 0.100. The highest BCUT2D eigenvalue weighted by Crippen LogP contribution is 2.33. The quantitative estimate of drug-likeness (QED) is 0.297. The van der Waals surface area contributed by atoms with Gasteiger partial charge in [0, 0.05) is 16.1 Å². The summed E-state index contributed by atoms with van der Waals surface area (Å²) in [6, 6.07) is 16.3. The lowest BCUT2D eigenvalue weighted by Gasteiger charge is -2.12. The maximum Gasteiger partial charge on any atom is 0.287 e. The first-order chi connectivity index (χ1) is 14.1. The summed E-state index contributed by atoms with van der Waals surface area (Å²) in [5.74, 6) is 1.56. The lowest BCUT2D eigenvalue weighted by Crippen LogP contribution is -1.99. The minimum Gasteiger partial charge on any atom is -0.493 e. The summed E-state index contributed by atoms with van der Waals surface area (Å²) in [6.07, 6.45) is 2.74. The van der Waals surface area contributed by atoms with E-state index in [9.17, 15) is 10.1 Å². The molecule has 0 fully saturated rings. The van der Waals surface area contributed by atoms with Crippen LogP contribution in [0.1, 0.15) is 11.1 Å². The van der Waals surface area contributed by atoms with Crippen molar-refractivity contribution in [1.29, 1.82) is 0 Å². The molecule has 0 radical (unpaired) electrons. The maximum absolute atomic E-state index is 10.7. The number of rotatable bonds is 8. The van der Waals surface area contributed by atoms with Crippen LogP contribution in [0.3, 0.4) is 0 Å². The molecule has 0 saturated heterocycles. The number of benzene rings is 2. The first-order valence-electron chi connectivity index (χ1n) is 8.50. The van der Waals surface area contributed by atoms with Crippen LogP contribution in [-0.4, -0.2) is 23.2 Å². The second-order valence-corrected chi connectivity index (χ2v) is 6.68. The van der Waals surface area contributed by atoms with E-state index in [4.69, 9.17) is 9.47 Å². The zero-order valence-electron chi connectivity index (χ0n) is 15.4. The zero-order chi connectivity index (χ0) is 20.6. The van der Waals surface area contributed by atoms with E-state index < -0.39 is 4.92 Å². The van der Waals surface area contributed by atoms with E-state index in [0.717, 1.165) is 21.8 Å². The molecule has 8 nitrogen and oxygen atoms in total. The number of pyridine rings is 1. The summed E-state index contributed by atoms with van der Waals surface area (Å²) in [4.78, 5) is 14.1. The van der Waals surface area contributed by atoms with Gasteiger partial charge in [0.2, 0.25) is 0 Å². The van der Waals surface area contributed by atoms with Crippen LogP contribution in [0, 0.1) is 10.1 Å². The average molecular weight is 457 g/mol. The van der Waals surface area contributed by atoms with E-state index in [0.29, 0.717) is 23.9 Å². The normalized spacial score (nSPS) is 10.7.